The molecule has 0 N–H and O–H groups in total. The molecule has 0 heteroatoms. The van der Waals surface area contributed by atoms with Crippen LogP contribution in [-0.4, -0.2) is 0 Å². The molecule has 70 valence electrons. The van der Waals surface area contributed by atoms with E-state index in [1.807, 2.05) is 0 Å². The highest BCUT2D eigenvalue weighted by atomic mass is 14.2. The average Bonchev–Trinajstić information content (AvgIpc) is 2.16. The van der Waals surface area contributed by atoms with E-state index in [1.54, 1.807) is 11.1 Å². The van der Waals surface area contributed by atoms with Crippen molar-refractivity contribution in [3.8, 4) is 0 Å². The molecule has 12 heavy (non-hydrogen) atoms. The Kier molecular flexibility index (Phi) is 3.84. The fourth-order valence-electron chi connectivity index (χ4n) is 2.58. The lowest BCUT2D eigenvalue weighted by Crippen LogP contribution is -2.11. The van der Waals surface area contributed by atoms with E-state index in [9.17, 15) is 0 Å². The number of rotatable bonds is 3. The molecule has 1 aliphatic carbocycles. The van der Waals surface area contributed by atoms with Crippen molar-refractivity contribution in [1.29, 1.82) is 0 Å². The van der Waals surface area contributed by atoms with Gasteiger partial charge in [0, 0.05) is 0 Å². The van der Waals surface area contributed by atoms with Crippen LogP contribution in [0, 0.1) is 5.92 Å². The van der Waals surface area contributed by atoms with Crippen LogP contribution in [0.3, 0.4) is 0 Å². The minimum atomic E-state index is 0.929. The summed E-state index contributed by atoms with van der Waals surface area (Å²) in [5.41, 5.74) is 3.57. The Labute approximate surface area is 77.1 Å². The van der Waals surface area contributed by atoms with E-state index in [2.05, 4.69) is 20.8 Å². The molecule has 0 nitrogen and oxygen atoms in total. The topological polar surface area (TPSA) is 0 Å². The molecule has 0 aromatic carbocycles. The van der Waals surface area contributed by atoms with Gasteiger partial charge in [0.1, 0.15) is 0 Å². The van der Waals surface area contributed by atoms with E-state index in [-0.39, 0.29) is 0 Å². The zero-order valence-electron chi connectivity index (χ0n) is 8.82. The zero-order valence-corrected chi connectivity index (χ0v) is 8.82. The largest absolute Gasteiger partial charge is 0.0710 e. The van der Waals surface area contributed by atoms with Crippen molar-refractivity contribution >= 4 is 0 Å². The smallest absolute Gasteiger partial charge is 0.0203 e. The molecule has 0 aromatic rings. The van der Waals surface area contributed by atoms with Crippen molar-refractivity contribution in [3.05, 3.63) is 11.1 Å². The Balaban J connectivity index is 2.78. The summed E-state index contributed by atoms with van der Waals surface area (Å²) < 4.78 is 0. The van der Waals surface area contributed by atoms with Crippen LogP contribution in [0.1, 0.15) is 59.3 Å². The molecular formula is C12H22. The molecule has 0 saturated carbocycles. The summed E-state index contributed by atoms with van der Waals surface area (Å²) in [5, 5.41) is 0. The molecule has 0 bridgehead atoms. The van der Waals surface area contributed by atoms with Crippen LogP contribution >= 0.6 is 0 Å². The van der Waals surface area contributed by atoms with Crippen molar-refractivity contribution in [2.24, 2.45) is 5.92 Å². The Morgan fingerprint density at radius 3 is 2.42 bits per heavy atom. The minimum Gasteiger partial charge on any atom is -0.0710 e. The molecule has 1 unspecified atom stereocenters. The van der Waals surface area contributed by atoms with E-state index >= 15 is 0 Å². The van der Waals surface area contributed by atoms with E-state index in [1.165, 1.54) is 38.5 Å². The molecule has 0 spiro atoms. The van der Waals surface area contributed by atoms with Crippen LogP contribution in [0.2, 0.25) is 0 Å². The number of allylic oxidation sites excluding steroid dienone is 2. The predicted octanol–water partition coefficient (Wildman–Crippen LogP) is 4.31. The van der Waals surface area contributed by atoms with Gasteiger partial charge in [0.25, 0.3) is 0 Å². The van der Waals surface area contributed by atoms with Gasteiger partial charge in [-0.15, -0.1) is 0 Å². The molecule has 0 fully saturated rings. The Morgan fingerprint density at radius 1 is 1.17 bits per heavy atom. The van der Waals surface area contributed by atoms with Crippen molar-refractivity contribution in [3.63, 3.8) is 0 Å². The first kappa shape index (κ1) is 9.83. The van der Waals surface area contributed by atoms with Crippen LogP contribution in [0.4, 0.5) is 0 Å². The first-order chi connectivity index (χ1) is 5.83. The van der Waals surface area contributed by atoms with E-state index in [0.29, 0.717) is 0 Å². The monoisotopic (exact) mass is 166 g/mol. The molecule has 0 aliphatic heterocycles. The molecule has 0 saturated heterocycles. The van der Waals surface area contributed by atoms with Gasteiger partial charge in [-0.3, -0.25) is 0 Å². The highest BCUT2D eigenvalue weighted by Gasteiger charge is 2.18. The van der Waals surface area contributed by atoms with Gasteiger partial charge in [-0.1, -0.05) is 31.9 Å². The van der Waals surface area contributed by atoms with Gasteiger partial charge in [-0.2, -0.15) is 0 Å². The summed E-state index contributed by atoms with van der Waals surface area (Å²) in [5.74, 6) is 0.929. The average molecular weight is 166 g/mol. The summed E-state index contributed by atoms with van der Waals surface area (Å²) in [4.78, 5) is 0. The fourth-order valence-corrected chi connectivity index (χ4v) is 2.58. The predicted molar refractivity (Wildman–Crippen MR) is 55.2 cm³/mol. The van der Waals surface area contributed by atoms with Gasteiger partial charge in [-0.05, 0) is 44.4 Å². The highest BCUT2D eigenvalue weighted by molar-refractivity contribution is 5.19. The second-order valence-electron chi connectivity index (χ2n) is 3.83. The van der Waals surface area contributed by atoms with Gasteiger partial charge in [0.05, 0.1) is 0 Å². The van der Waals surface area contributed by atoms with Crippen molar-refractivity contribution in [2.45, 2.75) is 59.3 Å². The maximum atomic E-state index is 2.33. The molecule has 0 heterocycles. The van der Waals surface area contributed by atoms with Crippen LogP contribution in [0.15, 0.2) is 11.1 Å². The second-order valence-corrected chi connectivity index (χ2v) is 3.83. The maximum absolute atomic E-state index is 2.33. The Bertz CT molecular complexity index is 165. The van der Waals surface area contributed by atoms with Crippen LogP contribution < -0.4 is 0 Å². The summed E-state index contributed by atoms with van der Waals surface area (Å²) in [6, 6.07) is 0. The lowest BCUT2D eigenvalue weighted by atomic mass is 9.79. The molecule has 0 amide bonds. The third kappa shape index (κ3) is 1.91. The van der Waals surface area contributed by atoms with E-state index in [0.717, 1.165) is 5.92 Å². The lowest BCUT2D eigenvalue weighted by Gasteiger charge is -2.27. The molecule has 0 radical (unpaired) electrons. The number of hydrogen-bond acceptors (Lipinski definition) is 0. The van der Waals surface area contributed by atoms with E-state index in [4.69, 9.17) is 0 Å². The quantitative estimate of drug-likeness (QED) is 0.548. The van der Waals surface area contributed by atoms with Crippen molar-refractivity contribution in [2.75, 3.05) is 0 Å². The fraction of sp³-hybridized carbons (Fsp3) is 0.833. The normalized spacial score (nSPS) is 24.8. The van der Waals surface area contributed by atoms with Gasteiger partial charge in [-0.25, -0.2) is 0 Å². The Hall–Kier alpha value is -0.260. The van der Waals surface area contributed by atoms with Gasteiger partial charge in [0.15, 0.2) is 0 Å². The third-order valence-corrected chi connectivity index (χ3v) is 3.28. The minimum absolute atomic E-state index is 0.929. The van der Waals surface area contributed by atoms with E-state index < -0.39 is 0 Å². The van der Waals surface area contributed by atoms with Crippen LogP contribution in [0.5, 0.6) is 0 Å². The second kappa shape index (κ2) is 4.69. The SMILES string of the molecule is CCC1=C(CC)C(CC)CCC1. The number of hydrogen-bond donors (Lipinski definition) is 0. The molecule has 1 aliphatic rings. The third-order valence-electron chi connectivity index (χ3n) is 3.28. The summed E-state index contributed by atoms with van der Waals surface area (Å²) in [6.07, 6.45) is 8.21. The summed E-state index contributed by atoms with van der Waals surface area (Å²) in [7, 11) is 0. The van der Waals surface area contributed by atoms with Crippen molar-refractivity contribution < 1.29 is 0 Å². The molecular weight excluding hydrogens is 144 g/mol. The van der Waals surface area contributed by atoms with Gasteiger partial charge in [0.2, 0.25) is 0 Å². The van der Waals surface area contributed by atoms with Crippen LogP contribution in [-0.2, 0) is 0 Å². The summed E-state index contributed by atoms with van der Waals surface area (Å²) in [6.45, 7) is 6.96. The first-order valence-corrected chi connectivity index (χ1v) is 5.54. The first-order valence-electron chi connectivity index (χ1n) is 5.54. The maximum Gasteiger partial charge on any atom is -0.0203 e. The van der Waals surface area contributed by atoms with Crippen LogP contribution in [0.25, 0.3) is 0 Å². The molecule has 1 rings (SSSR count). The summed E-state index contributed by atoms with van der Waals surface area (Å²) >= 11 is 0. The highest BCUT2D eigenvalue weighted by Crippen LogP contribution is 2.35. The standard InChI is InChI=1S/C12H22/c1-4-10-8-7-9-11(5-2)12(10)6-3/h10H,4-9H2,1-3H3. The molecule has 1 atom stereocenters. The Morgan fingerprint density at radius 2 is 1.92 bits per heavy atom. The zero-order chi connectivity index (χ0) is 8.97. The van der Waals surface area contributed by atoms with Crippen molar-refractivity contribution in [1.82, 2.24) is 0 Å². The van der Waals surface area contributed by atoms with Gasteiger partial charge >= 0.3 is 0 Å². The molecule has 0 aromatic heterocycles. The van der Waals surface area contributed by atoms with Gasteiger partial charge < -0.3 is 0 Å². The lowest BCUT2D eigenvalue weighted by molar-refractivity contribution is 0.467.